The highest BCUT2D eigenvalue weighted by atomic mass is 19.1. The normalized spacial score (nSPS) is 13.0. The molecule has 0 saturated carbocycles. The van der Waals surface area contributed by atoms with Crippen LogP contribution in [-0.2, 0) is 6.54 Å². The molecule has 0 radical (unpaired) electrons. The molecular formula is C33H33FN4O3. The molecule has 8 heteroatoms. The first-order valence-electron chi connectivity index (χ1n) is 13.6. The van der Waals surface area contributed by atoms with E-state index in [-0.39, 0.29) is 24.2 Å². The van der Waals surface area contributed by atoms with Gasteiger partial charge >= 0.3 is 0 Å². The average molecular weight is 553 g/mol. The highest BCUT2D eigenvalue weighted by molar-refractivity contribution is 6.06. The van der Waals surface area contributed by atoms with E-state index in [1.807, 2.05) is 55.5 Å². The minimum absolute atomic E-state index is 0.249. The summed E-state index contributed by atoms with van der Waals surface area (Å²) in [6, 6.07) is 26.7. The SMILES string of the molecule is COc1ccccc1N1CCN(c2ccc(NC(=O)c3ccc(C)cc3)cc2C(=O)NCc2ccc(F)cc2)CC1. The second kappa shape index (κ2) is 12.6. The van der Waals surface area contributed by atoms with E-state index in [2.05, 4.69) is 20.4 Å². The van der Waals surface area contributed by atoms with E-state index >= 15 is 0 Å². The molecule has 41 heavy (non-hydrogen) atoms. The summed E-state index contributed by atoms with van der Waals surface area (Å²) in [4.78, 5) is 30.9. The Kier molecular flexibility index (Phi) is 8.48. The predicted octanol–water partition coefficient (Wildman–Crippen LogP) is 5.65. The molecule has 1 aliphatic heterocycles. The molecule has 2 amide bonds. The number of rotatable bonds is 8. The molecule has 0 spiro atoms. The highest BCUT2D eigenvalue weighted by Gasteiger charge is 2.24. The second-order valence-electron chi connectivity index (χ2n) is 10.0. The van der Waals surface area contributed by atoms with Gasteiger partial charge in [0.1, 0.15) is 11.6 Å². The Morgan fingerprint density at radius 2 is 1.46 bits per heavy atom. The molecule has 0 aliphatic carbocycles. The van der Waals surface area contributed by atoms with Gasteiger partial charge in [-0.25, -0.2) is 4.39 Å². The lowest BCUT2D eigenvalue weighted by molar-refractivity contribution is 0.0950. The average Bonchev–Trinajstić information content (AvgIpc) is 3.01. The van der Waals surface area contributed by atoms with Crippen molar-refractivity contribution in [2.75, 3.05) is 48.4 Å². The van der Waals surface area contributed by atoms with Crippen LogP contribution in [0.5, 0.6) is 5.75 Å². The van der Waals surface area contributed by atoms with E-state index in [0.717, 1.165) is 41.3 Å². The summed E-state index contributed by atoms with van der Waals surface area (Å²) in [6.07, 6.45) is 0. The Hall–Kier alpha value is -4.85. The van der Waals surface area contributed by atoms with Crippen LogP contribution in [0.15, 0.2) is 91.0 Å². The van der Waals surface area contributed by atoms with Crippen LogP contribution in [0.1, 0.15) is 31.8 Å². The number of halogens is 1. The number of anilines is 3. The number of para-hydroxylation sites is 2. The van der Waals surface area contributed by atoms with Crippen molar-refractivity contribution < 1.29 is 18.7 Å². The minimum atomic E-state index is -0.327. The lowest BCUT2D eigenvalue weighted by Gasteiger charge is -2.38. The zero-order valence-electron chi connectivity index (χ0n) is 23.2. The molecule has 1 heterocycles. The van der Waals surface area contributed by atoms with Crippen LogP contribution in [-0.4, -0.2) is 45.1 Å². The van der Waals surface area contributed by atoms with Gasteiger partial charge in [0.25, 0.3) is 11.8 Å². The van der Waals surface area contributed by atoms with Crippen molar-refractivity contribution >= 4 is 28.9 Å². The van der Waals surface area contributed by atoms with Gasteiger partial charge in [0.05, 0.1) is 18.4 Å². The van der Waals surface area contributed by atoms with E-state index in [1.54, 1.807) is 37.4 Å². The first-order chi connectivity index (χ1) is 19.9. The fourth-order valence-corrected chi connectivity index (χ4v) is 4.94. The zero-order chi connectivity index (χ0) is 28.8. The summed E-state index contributed by atoms with van der Waals surface area (Å²) in [5.41, 5.74) is 5.20. The Morgan fingerprint density at radius 3 is 2.15 bits per heavy atom. The van der Waals surface area contributed by atoms with Gasteiger partial charge in [0, 0.05) is 49.7 Å². The van der Waals surface area contributed by atoms with Gasteiger partial charge < -0.3 is 25.2 Å². The van der Waals surface area contributed by atoms with Crippen molar-refractivity contribution in [2.45, 2.75) is 13.5 Å². The van der Waals surface area contributed by atoms with Crippen LogP contribution in [0.4, 0.5) is 21.5 Å². The number of hydrogen-bond acceptors (Lipinski definition) is 5. The number of nitrogens with zero attached hydrogens (tertiary/aromatic N) is 2. The number of aryl methyl sites for hydroxylation is 1. The molecule has 0 atom stereocenters. The maximum atomic E-state index is 13.5. The van der Waals surface area contributed by atoms with Crippen LogP contribution in [0.3, 0.4) is 0 Å². The van der Waals surface area contributed by atoms with E-state index in [0.29, 0.717) is 29.9 Å². The van der Waals surface area contributed by atoms with Crippen LogP contribution < -0.4 is 25.2 Å². The van der Waals surface area contributed by atoms with Gasteiger partial charge in [0.15, 0.2) is 0 Å². The fraction of sp³-hybridized carbons (Fsp3) is 0.212. The third-order valence-electron chi connectivity index (χ3n) is 7.23. The monoisotopic (exact) mass is 552 g/mol. The van der Waals surface area contributed by atoms with Crippen molar-refractivity contribution in [1.29, 1.82) is 0 Å². The summed E-state index contributed by atoms with van der Waals surface area (Å²) in [6.45, 7) is 5.12. The molecule has 0 unspecified atom stereocenters. The number of methoxy groups -OCH3 is 1. The standard InChI is InChI=1S/C33H33FN4O3/c1-23-7-11-25(12-8-23)32(39)36-27-15-16-29(28(21-27)33(40)35-22-24-9-13-26(34)14-10-24)37-17-19-38(20-18-37)30-5-3-4-6-31(30)41-2/h3-16,21H,17-20,22H2,1-2H3,(H,35,40)(H,36,39). The first-order valence-corrected chi connectivity index (χ1v) is 13.6. The van der Waals surface area contributed by atoms with Crippen molar-refractivity contribution in [2.24, 2.45) is 0 Å². The lowest BCUT2D eigenvalue weighted by Crippen LogP contribution is -2.47. The molecule has 1 aliphatic rings. The van der Waals surface area contributed by atoms with E-state index in [1.165, 1.54) is 12.1 Å². The lowest BCUT2D eigenvalue weighted by atomic mass is 10.1. The van der Waals surface area contributed by atoms with Crippen LogP contribution in [0.25, 0.3) is 0 Å². The molecule has 1 fully saturated rings. The second-order valence-corrected chi connectivity index (χ2v) is 10.0. The third-order valence-corrected chi connectivity index (χ3v) is 7.23. The molecule has 0 aromatic heterocycles. The molecular weight excluding hydrogens is 519 g/mol. The highest BCUT2D eigenvalue weighted by Crippen LogP contribution is 2.31. The predicted molar refractivity (Wildman–Crippen MR) is 161 cm³/mol. The molecule has 5 rings (SSSR count). The maximum Gasteiger partial charge on any atom is 0.255 e. The van der Waals surface area contributed by atoms with Gasteiger partial charge in [-0.1, -0.05) is 42.0 Å². The smallest absolute Gasteiger partial charge is 0.255 e. The van der Waals surface area contributed by atoms with E-state index in [4.69, 9.17) is 4.74 Å². The molecule has 7 nitrogen and oxygen atoms in total. The minimum Gasteiger partial charge on any atom is -0.495 e. The van der Waals surface area contributed by atoms with Gasteiger partial charge in [-0.3, -0.25) is 9.59 Å². The van der Waals surface area contributed by atoms with Crippen molar-refractivity contribution in [3.8, 4) is 5.75 Å². The summed E-state index contributed by atoms with van der Waals surface area (Å²) < 4.78 is 18.9. The summed E-state index contributed by atoms with van der Waals surface area (Å²) >= 11 is 0. The summed E-state index contributed by atoms with van der Waals surface area (Å²) in [7, 11) is 1.67. The zero-order valence-corrected chi connectivity index (χ0v) is 23.2. The third kappa shape index (κ3) is 6.66. The topological polar surface area (TPSA) is 73.9 Å². The van der Waals surface area contributed by atoms with Gasteiger partial charge in [-0.15, -0.1) is 0 Å². The number of amides is 2. The van der Waals surface area contributed by atoms with Crippen molar-refractivity contribution in [3.05, 3.63) is 119 Å². The number of nitrogens with one attached hydrogen (secondary N) is 2. The largest absolute Gasteiger partial charge is 0.495 e. The van der Waals surface area contributed by atoms with Crippen LogP contribution in [0.2, 0.25) is 0 Å². The Morgan fingerprint density at radius 1 is 0.805 bits per heavy atom. The maximum absolute atomic E-state index is 13.5. The Bertz CT molecular complexity index is 1510. The molecule has 1 saturated heterocycles. The van der Waals surface area contributed by atoms with Crippen LogP contribution >= 0.6 is 0 Å². The van der Waals surface area contributed by atoms with Crippen molar-refractivity contribution in [1.82, 2.24) is 5.32 Å². The fourth-order valence-electron chi connectivity index (χ4n) is 4.94. The Labute approximate surface area is 239 Å². The first kappa shape index (κ1) is 27.7. The number of piperazine rings is 1. The summed E-state index contributed by atoms with van der Waals surface area (Å²) in [5, 5.41) is 5.88. The molecule has 2 N–H and O–H groups in total. The quantitative estimate of drug-likeness (QED) is 0.296. The number of benzene rings is 4. The Balaban J connectivity index is 1.36. The molecule has 0 bridgehead atoms. The van der Waals surface area contributed by atoms with Crippen LogP contribution in [0, 0.1) is 12.7 Å². The summed E-state index contributed by atoms with van der Waals surface area (Å²) in [5.74, 6) is -0.0223. The molecule has 4 aromatic carbocycles. The van der Waals surface area contributed by atoms with E-state index < -0.39 is 0 Å². The van der Waals surface area contributed by atoms with Gasteiger partial charge in [-0.2, -0.15) is 0 Å². The van der Waals surface area contributed by atoms with E-state index in [9.17, 15) is 14.0 Å². The van der Waals surface area contributed by atoms with Gasteiger partial charge in [0.2, 0.25) is 0 Å². The number of hydrogen-bond donors (Lipinski definition) is 2. The number of ether oxygens (including phenoxy) is 1. The number of carbonyl (C=O) groups is 2. The van der Waals surface area contributed by atoms with Gasteiger partial charge in [-0.05, 0) is 67.1 Å². The molecule has 4 aromatic rings. The number of carbonyl (C=O) groups excluding carboxylic acids is 2. The molecule has 210 valence electrons. The van der Waals surface area contributed by atoms with Crippen molar-refractivity contribution in [3.63, 3.8) is 0 Å².